The first-order valence-corrected chi connectivity index (χ1v) is 5.56. The van der Waals surface area contributed by atoms with E-state index >= 15 is 0 Å². The second kappa shape index (κ2) is 6.60. The smallest absolute Gasteiger partial charge is 0.408 e. The minimum Gasteiger partial charge on any atom is -0.445 e. The Balaban J connectivity index is 2.45. The Morgan fingerprint density at radius 3 is 2.72 bits per heavy atom. The van der Waals surface area contributed by atoms with E-state index < -0.39 is 18.3 Å². The maximum absolute atomic E-state index is 12.2. The summed E-state index contributed by atoms with van der Waals surface area (Å²) in [5, 5.41) is 11.2. The van der Waals surface area contributed by atoms with Crippen molar-refractivity contribution in [3.05, 3.63) is 35.9 Å². The highest BCUT2D eigenvalue weighted by Gasteiger charge is 2.26. The quantitative estimate of drug-likeness (QED) is 0.873. The van der Waals surface area contributed by atoms with Gasteiger partial charge < -0.3 is 10.1 Å². The summed E-state index contributed by atoms with van der Waals surface area (Å²) < 4.78 is 17.2. The van der Waals surface area contributed by atoms with Crippen molar-refractivity contribution in [3.8, 4) is 6.07 Å². The van der Waals surface area contributed by atoms with Crippen LogP contribution in [-0.4, -0.2) is 18.3 Å². The molecule has 0 heterocycles. The van der Waals surface area contributed by atoms with Crippen LogP contribution in [0.3, 0.4) is 0 Å². The van der Waals surface area contributed by atoms with Crippen LogP contribution in [0.1, 0.15) is 18.9 Å². The van der Waals surface area contributed by atoms with Gasteiger partial charge >= 0.3 is 6.09 Å². The lowest BCUT2D eigenvalue weighted by atomic mass is 10.0. The summed E-state index contributed by atoms with van der Waals surface area (Å²) in [4.78, 5) is 11.5. The van der Waals surface area contributed by atoms with Crippen LogP contribution >= 0.6 is 0 Å². The third kappa shape index (κ3) is 4.42. The largest absolute Gasteiger partial charge is 0.445 e. The average Bonchev–Trinajstić information content (AvgIpc) is 2.38. The average molecular weight is 250 g/mol. The van der Waals surface area contributed by atoms with E-state index in [2.05, 4.69) is 5.32 Å². The molecule has 0 aromatic heterocycles. The van der Waals surface area contributed by atoms with Gasteiger partial charge in [-0.05, 0) is 12.5 Å². The third-order valence-corrected chi connectivity index (χ3v) is 2.43. The predicted molar refractivity (Wildman–Crippen MR) is 64.4 cm³/mol. The maximum atomic E-state index is 12.2. The molecule has 0 fully saturated rings. The van der Waals surface area contributed by atoms with Crippen LogP contribution in [-0.2, 0) is 11.3 Å². The Bertz CT molecular complexity index is 430. The van der Waals surface area contributed by atoms with E-state index in [9.17, 15) is 9.18 Å². The number of alkyl carbamates (subject to hydrolysis) is 1. The molecule has 96 valence electrons. The zero-order valence-corrected chi connectivity index (χ0v) is 10.1. The Labute approximate surface area is 105 Å². The standard InChI is InChI=1S/C13H15FN2O2/c1-13(10-15,7-8-14)16-12(17)18-9-11-5-3-2-4-6-11/h2-6H,7-9H2,1H3,(H,16,17)/t13-/m1/s1. The number of carbonyl (C=O) groups excluding carboxylic acids is 1. The summed E-state index contributed by atoms with van der Waals surface area (Å²) in [6, 6.07) is 11.0. The van der Waals surface area contributed by atoms with Crippen LogP contribution in [0.25, 0.3) is 0 Å². The minimum absolute atomic E-state index is 0.0655. The molecular formula is C13H15FN2O2. The molecule has 0 radical (unpaired) electrons. The molecule has 0 spiro atoms. The van der Waals surface area contributed by atoms with Gasteiger partial charge in [0, 0.05) is 6.42 Å². The zero-order chi connectivity index (χ0) is 13.4. The minimum atomic E-state index is -1.23. The summed E-state index contributed by atoms with van der Waals surface area (Å²) >= 11 is 0. The second-order valence-electron chi connectivity index (χ2n) is 4.07. The highest BCUT2D eigenvalue weighted by molar-refractivity contribution is 5.68. The van der Waals surface area contributed by atoms with Crippen molar-refractivity contribution in [2.75, 3.05) is 6.67 Å². The number of benzene rings is 1. The lowest BCUT2D eigenvalue weighted by molar-refractivity contribution is 0.131. The second-order valence-corrected chi connectivity index (χ2v) is 4.07. The molecule has 1 N–H and O–H groups in total. The molecule has 1 aromatic carbocycles. The molecule has 0 aliphatic rings. The molecule has 18 heavy (non-hydrogen) atoms. The predicted octanol–water partition coefficient (Wildman–Crippen LogP) is 2.55. The highest BCUT2D eigenvalue weighted by Crippen LogP contribution is 2.09. The van der Waals surface area contributed by atoms with Crippen molar-refractivity contribution in [2.45, 2.75) is 25.5 Å². The van der Waals surface area contributed by atoms with Gasteiger partial charge in [-0.3, -0.25) is 4.39 Å². The molecule has 0 unspecified atom stereocenters. The monoisotopic (exact) mass is 250 g/mol. The van der Waals surface area contributed by atoms with Crippen molar-refractivity contribution in [1.82, 2.24) is 5.32 Å². The summed E-state index contributed by atoms with van der Waals surface area (Å²) in [6.45, 7) is 0.892. The normalized spacial score (nSPS) is 13.2. The fourth-order valence-electron chi connectivity index (χ4n) is 1.32. The summed E-state index contributed by atoms with van der Waals surface area (Å²) in [6.07, 6.45) is -0.791. The fraction of sp³-hybridized carbons (Fsp3) is 0.385. The summed E-state index contributed by atoms with van der Waals surface area (Å²) in [7, 11) is 0. The maximum Gasteiger partial charge on any atom is 0.408 e. The van der Waals surface area contributed by atoms with Crippen molar-refractivity contribution in [2.24, 2.45) is 0 Å². The van der Waals surface area contributed by atoms with Gasteiger partial charge in [-0.15, -0.1) is 0 Å². The molecule has 0 aliphatic heterocycles. The summed E-state index contributed by atoms with van der Waals surface area (Å²) in [5.74, 6) is 0. The van der Waals surface area contributed by atoms with Crippen LogP contribution in [0, 0.1) is 11.3 Å². The topological polar surface area (TPSA) is 62.1 Å². The van der Waals surface area contributed by atoms with Gasteiger partial charge in [0.15, 0.2) is 0 Å². The van der Waals surface area contributed by atoms with Gasteiger partial charge in [0.2, 0.25) is 0 Å². The number of carbonyl (C=O) groups is 1. The Morgan fingerprint density at radius 1 is 1.50 bits per heavy atom. The number of halogens is 1. The number of amides is 1. The van der Waals surface area contributed by atoms with Crippen LogP contribution in [0.5, 0.6) is 0 Å². The van der Waals surface area contributed by atoms with Crippen molar-refractivity contribution >= 4 is 6.09 Å². The van der Waals surface area contributed by atoms with E-state index in [4.69, 9.17) is 10.00 Å². The van der Waals surface area contributed by atoms with Crippen molar-refractivity contribution < 1.29 is 13.9 Å². The number of nitrogens with zero attached hydrogens (tertiary/aromatic N) is 1. The Hall–Kier alpha value is -2.09. The molecule has 1 atom stereocenters. The number of alkyl halides is 1. The SMILES string of the molecule is C[C@](C#N)(CCF)NC(=O)OCc1ccccc1. The third-order valence-electron chi connectivity index (χ3n) is 2.43. The van der Waals surface area contributed by atoms with Gasteiger partial charge in [-0.25, -0.2) is 4.79 Å². The molecular weight excluding hydrogens is 235 g/mol. The molecule has 0 bridgehead atoms. The molecule has 4 nitrogen and oxygen atoms in total. The first kappa shape index (κ1) is 14.0. The lowest BCUT2D eigenvalue weighted by Crippen LogP contribution is -2.45. The molecule has 1 rings (SSSR count). The molecule has 0 saturated heterocycles. The van der Waals surface area contributed by atoms with Gasteiger partial charge in [0.05, 0.1) is 12.7 Å². The molecule has 1 amide bonds. The van der Waals surface area contributed by atoms with E-state index in [1.165, 1.54) is 6.92 Å². The fourth-order valence-corrected chi connectivity index (χ4v) is 1.32. The highest BCUT2D eigenvalue weighted by atomic mass is 19.1. The van der Waals surface area contributed by atoms with Gasteiger partial charge in [0.1, 0.15) is 12.1 Å². The molecule has 5 heteroatoms. The molecule has 0 aliphatic carbocycles. The lowest BCUT2D eigenvalue weighted by Gasteiger charge is -2.21. The van der Waals surface area contributed by atoms with Gasteiger partial charge in [0.25, 0.3) is 0 Å². The Morgan fingerprint density at radius 2 is 2.17 bits per heavy atom. The van der Waals surface area contributed by atoms with E-state index in [1.54, 1.807) is 0 Å². The molecule has 1 aromatic rings. The summed E-state index contributed by atoms with van der Waals surface area (Å²) in [5.41, 5.74) is -0.389. The number of nitriles is 1. The van der Waals surface area contributed by atoms with E-state index in [0.717, 1.165) is 5.56 Å². The number of rotatable bonds is 5. The van der Waals surface area contributed by atoms with Crippen LogP contribution in [0.15, 0.2) is 30.3 Å². The van der Waals surface area contributed by atoms with E-state index in [1.807, 2.05) is 36.4 Å². The van der Waals surface area contributed by atoms with Crippen molar-refractivity contribution in [1.29, 1.82) is 5.26 Å². The number of ether oxygens (including phenoxy) is 1. The Kier molecular flexibility index (Phi) is 5.12. The van der Waals surface area contributed by atoms with Crippen molar-refractivity contribution in [3.63, 3.8) is 0 Å². The number of hydrogen-bond donors (Lipinski definition) is 1. The van der Waals surface area contributed by atoms with Gasteiger partial charge in [-0.2, -0.15) is 5.26 Å². The van der Waals surface area contributed by atoms with Crippen LogP contribution in [0.2, 0.25) is 0 Å². The van der Waals surface area contributed by atoms with Crippen LogP contribution in [0.4, 0.5) is 9.18 Å². The zero-order valence-electron chi connectivity index (χ0n) is 10.1. The molecule has 0 saturated carbocycles. The van der Waals surface area contributed by atoms with E-state index in [-0.39, 0.29) is 13.0 Å². The number of nitrogens with one attached hydrogen (secondary N) is 1. The van der Waals surface area contributed by atoms with Gasteiger partial charge in [-0.1, -0.05) is 30.3 Å². The van der Waals surface area contributed by atoms with E-state index in [0.29, 0.717) is 0 Å². The van der Waals surface area contributed by atoms with Crippen LogP contribution < -0.4 is 5.32 Å². The first-order valence-electron chi connectivity index (χ1n) is 5.56. The first-order chi connectivity index (χ1) is 8.59. The number of hydrogen-bond acceptors (Lipinski definition) is 3.